The van der Waals surface area contributed by atoms with Gasteiger partial charge in [-0.25, -0.2) is 4.90 Å². The van der Waals surface area contributed by atoms with Crippen LogP contribution >= 0.6 is 11.6 Å². The number of benzene rings is 1. The number of ketones is 1. The second kappa shape index (κ2) is 7.14. The van der Waals surface area contributed by atoms with Gasteiger partial charge in [0.25, 0.3) is 0 Å². The Morgan fingerprint density at radius 2 is 1.71 bits per heavy atom. The number of imide groups is 1. The summed E-state index contributed by atoms with van der Waals surface area (Å²) in [6, 6.07) is 5.31. The van der Waals surface area contributed by atoms with Crippen LogP contribution < -0.4 is 4.90 Å². The Morgan fingerprint density at radius 1 is 1.04 bits per heavy atom. The average molecular weight is 402 g/mol. The fraction of sp³-hybridized carbons (Fsp3) is 0.522. The first kappa shape index (κ1) is 20.8. The Kier molecular flexibility index (Phi) is 5.30. The van der Waals surface area contributed by atoms with Gasteiger partial charge in [0.15, 0.2) is 5.78 Å². The molecule has 1 heterocycles. The van der Waals surface area contributed by atoms with Gasteiger partial charge in [-0.1, -0.05) is 51.8 Å². The van der Waals surface area contributed by atoms with Crippen LogP contribution in [0.4, 0.5) is 5.69 Å². The van der Waals surface area contributed by atoms with Crippen LogP contribution in [-0.2, 0) is 19.8 Å². The van der Waals surface area contributed by atoms with Gasteiger partial charge in [0.1, 0.15) is 0 Å². The van der Waals surface area contributed by atoms with E-state index in [0.717, 1.165) is 24.0 Å². The van der Waals surface area contributed by atoms with Gasteiger partial charge < -0.3 is 0 Å². The highest BCUT2D eigenvalue weighted by molar-refractivity contribution is 6.31. The second-order valence-electron chi connectivity index (χ2n) is 9.45. The number of rotatable bonds is 3. The molecule has 0 N–H and O–H groups in total. The zero-order valence-electron chi connectivity index (χ0n) is 17.3. The van der Waals surface area contributed by atoms with Crippen molar-refractivity contribution in [3.05, 3.63) is 40.4 Å². The number of carbonyl (C=O) groups is 3. The number of nitrogens with zero attached hydrogens (tertiary/aromatic N) is 1. The van der Waals surface area contributed by atoms with Crippen LogP contribution in [0.25, 0.3) is 0 Å². The molecule has 0 saturated carbocycles. The van der Waals surface area contributed by atoms with Gasteiger partial charge in [-0.05, 0) is 53.5 Å². The largest absolute Gasteiger partial charge is 0.295 e. The number of amides is 2. The molecule has 2 aliphatic rings. The summed E-state index contributed by atoms with van der Waals surface area (Å²) in [5.41, 5.74) is 1.65. The molecule has 1 aromatic rings. The Balaban J connectivity index is 2.01. The van der Waals surface area contributed by atoms with Crippen LogP contribution in [0, 0.1) is 11.3 Å². The Hall–Kier alpha value is -1.94. The van der Waals surface area contributed by atoms with Crippen molar-refractivity contribution in [1.29, 1.82) is 0 Å². The van der Waals surface area contributed by atoms with Crippen molar-refractivity contribution in [3.8, 4) is 0 Å². The first-order valence-electron chi connectivity index (χ1n) is 9.83. The third-order valence-corrected chi connectivity index (χ3v) is 6.29. The molecule has 1 aromatic carbocycles. The Bertz CT molecular complexity index is 876. The number of carbonyl (C=O) groups excluding carboxylic acids is 3. The summed E-state index contributed by atoms with van der Waals surface area (Å²) in [6.07, 6.45) is 4.00. The lowest BCUT2D eigenvalue weighted by Crippen LogP contribution is -2.37. The van der Waals surface area contributed by atoms with E-state index in [1.54, 1.807) is 18.2 Å². The van der Waals surface area contributed by atoms with Crippen molar-refractivity contribution in [2.45, 2.75) is 65.7 Å². The topological polar surface area (TPSA) is 54.5 Å². The van der Waals surface area contributed by atoms with Crippen LogP contribution in [-0.4, -0.2) is 17.6 Å². The quantitative estimate of drug-likeness (QED) is 0.652. The monoisotopic (exact) mass is 401 g/mol. The SMILES string of the molecule is CC(C)(C)c1cc(Cl)ccc1N1C(=O)C[C@H](C(C)(C)C2=CC(=O)CCC2)C1=O. The molecule has 1 saturated heterocycles. The first-order valence-corrected chi connectivity index (χ1v) is 10.2. The minimum absolute atomic E-state index is 0.107. The molecule has 1 atom stereocenters. The lowest BCUT2D eigenvalue weighted by Gasteiger charge is -2.34. The molecular weight excluding hydrogens is 374 g/mol. The Morgan fingerprint density at radius 3 is 2.32 bits per heavy atom. The molecular formula is C23H28ClNO3. The van der Waals surface area contributed by atoms with Crippen LogP contribution in [0.5, 0.6) is 0 Å². The van der Waals surface area contributed by atoms with E-state index in [1.165, 1.54) is 4.90 Å². The van der Waals surface area contributed by atoms with Crippen molar-refractivity contribution < 1.29 is 14.4 Å². The minimum Gasteiger partial charge on any atom is -0.295 e. The van der Waals surface area contributed by atoms with E-state index in [9.17, 15) is 14.4 Å². The molecule has 0 aromatic heterocycles. The van der Waals surface area contributed by atoms with Crippen LogP contribution in [0.15, 0.2) is 29.8 Å². The summed E-state index contributed by atoms with van der Waals surface area (Å²) in [7, 11) is 0. The molecule has 2 amide bonds. The van der Waals surface area contributed by atoms with E-state index >= 15 is 0 Å². The maximum atomic E-state index is 13.4. The lowest BCUT2D eigenvalue weighted by molar-refractivity contribution is -0.124. The molecule has 28 heavy (non-hydrogen) atoms. The zero-order valence-corrected chi connectivity index (χ0v) is 18.0. The van der Waals surface area contributed by atoms with Crippen molar-refractivity contribution in [2.75, 3.05) is 4.90 Å². The van der Waals surface area contributed by atoms with Crippen molar-refractivity contribution in [3.63, 3.8) is 0 Å². The maximum Gasteiger partial charge on any atom is 0.238 e. The predicted octanol–water partition coefficient (Wildman–Crippen LogP) is 5.22. The molecule has 0 unspecified atom stereocenters. The second-order valence-corrected chi connectivity index (χ2v) is 9.88. The van der Waals surface area contributed by atoms with Crippen LogP contribution in [0.2, 0.25) is 5.02 Å². The van der Waals surface area contributed by atoms with Crippen molar-refractivity contribution in [2.24, 2.45) is 11.3 Å². The number of anilines is 1. The molecule has 0 bridgehead atoms. The summed E-state index contributed by atoms with van der Waals surface area (Å²) in [6.45, 7) is 10.1. The average Bonchev–Trinajstić information content (AvgIpc) is 2.89. The molecule has 1 aliphatic heterocycles. The summed E-state index contributed by atoms with van der Waals surface area (Å²) in [5.74, 6) is -0.753. The molecule has 1 aliphatic carbocycles. The third-order valence-electron chi connectivity index (χ3n) is 6.06. The van der Waals surface area contributed by atoms with Crippen LogP contribution in [0.3, 0.4) is 0 Å². The fourth-order valence-corrected chi connectivity index (χ4v) is 4.45. The normalized spacial score (nSPS) is 21.4. The highest BCUT2D eigenvalue weighted by Crippen LogP contribution is 2.46. The lowest BCUT2D eigenvalue weighted by atomic mass is 9.69. The zero-order chi connectivity index (χ0) is 20.9. The highest BCUT2D eigenvalue weighted by atomic mass is 35.5. The molecule has 3 rings (SSSR count). The molecule has 0 radical (unpaired) electrons. The van der Waals surface area contributed by atoms with E-state index in [0.29, 0.717) is 17.1 Å². The first-order chi connectivity index (χ1) is 12.9. The van der Waals surface area contributed by atoms with E-state index in [-0.39, 0.29) is 29.4 Å². The Labute approximate surface area is 171 Å². The molecule has 5 heteroatoms. The van der Waals surface area contributed by atoms with Gasteiger partial charge in [0, 0.05) is 17.9 Å². The van der Waals surface area contributed by atoms with E-state index < -0.39 is 11.3 Å². The van der Waals surface area contributed by atoms with E-state index in [4.69, 9.17) is 11.6 Å². The minimum atomic E-state index is -0.536. The number of hydrogen-bond donors (Lipinski definition) is 0. The molecule has 1 fully saturated rings. The van der Waals surface area contributed by atoms with Gasteiger partial charge in [0.2, 0.25) is 11.8 Å². The summed E-state index contributed by atoms with van der Waals surface area (Å²) < 4.78 is 0. The number of allylic oxidation sites excluding steroid dienone is 2. The van der Waals surface area contributed by atoms with E-state index in [1.807, 2.05) is 40.7 Å². The van der Waals surface area contributed by atoms with E-state index in [2.05, 4.69) is 0 Å². The summed E-state index contributed by atoms with van der Waals surface area (Å²) >= 11 is 6.19. The number of halogens is 1. The summed E-state index contributed by atoms with van der Waals surface area (Å²) in [4.78, 5) is 39.6. The van der Waals surface area contributed by atoms with Gasteiger partial charge in [-0.2, -0.15) is 0 Å². The van der Waals surface area contributed by atoms with Gasteiger partial charge in [-0.15, -0.1) is 0 Å². The molecule has 0 spiro atoms. The van der Waals surface area contributed by atoms with Gasteiger partial charge >= 0.3 is 0 Å². The van der Waals surface area contributed by atoms with Crippen molar-refractivity contribution >= 4 is 34.9 Å². The number of hydrogen-bond acceptors (Lipinski definition) is 3. The fourth-order valence-electron chi connectivity index (χ4n) is 4.28. The molecule has 4 nitrogen and oxygen atoms in total. The third kappa shape index (κ3) is 3.67. The van der Waals surface area contributed by atoms with Crippen molar-refractivity contribution in [1.82, 2.24) is 0 Å². The maximum absolute atomic E-state index is 13.4. The molecule has 150 valence electrons. The predicted molar refractivity (Wildman–Crippen MR) is 111 cm³/mol. The highest BCUT2D eigenvalue weighted by Gasteiger charge is 2.49. The van der Waals surface area contributed by atoms with Gasteiger partial charge in [0.05, 0.1) is 11.6 Å². The van der Waals surface area contributed by atoms with Gasteiger partial charge in [-0.3, -0.25) is 14.4 Å². The smallest absolute Gasteiger partial charge is 0.238 e. The summed E-state index contributed by atoms with van der Waals surface area (Å²) in [5, 5.41) is 0.579. The standard InChI is InChI=1S/C23H28ClNO3/c1-22(2,3)17-12-15(24)9-10-19(17)25-20(27)13-18(21(25)28)23(4,5)14-7-6-8-16(26)11-14/h9-12,18H,6-8,13H2,1-5H3/t18-/m0/s1. The van der Waals surface area contributed by atoms with Crippen LogP contribution in [0.1, 0.15) is 65.9 Å².